The first-order chi connectivity index (χ1) is 15.2. The van der Waals surface area contributed by atoms with Crippen molar-refractivity contribution in [3.63, 3.8) is 0 Å². The molecule has 168 valence electrons. The van der Waals surface area contributed by atoms with E-state index in [1.165, 1.54) is 0 Å². The zero-order chi connectivity index (χ0) is 23.3. The molecule has 3 rings (SSSR count). The van der Waals surface area contributed by atoms with Gasteiger partial charge in [-0.15, -0.1) is 0 Å². The van der Waals surface area contributed by atoms with E-state index in [0.717, 1.165) is 11.1 Å². The second-order valence-corrected chi connectivity index (χ2v) is 9.59. The first kappa shape index (κ1) is 24.4. The predicted octanol–water partition coefficient (Wildman–Crippen LogP) is 7.51. The zero-order valence-electron chi connectivity index (χ0n) is 18.2. The molecule has 0 aliphatic carbocycles. The fourth-order valence-electron chi connectivity index (χ4n) is 3.63. The number of hydrogen-bond donors (Lipinski definition) is 1. The maximum Gasteiger partial charge on any atom is 0.263 e. The van der Waals surface area contributed by atoms with Crippen molar-refractivity contribution in [3.05, 3.63) is 99.0 Å². The van der Waals surface area contributed by atoms with Gasteiger partial charge in [-0.05, 0) is 61.2 Å². The van der Waals surface area contributed by atoms with Gasteiger partial charge in [0.1, 0.15) is 5.75 Å². The lowest BCUT2D eigenvalue weighted by atomic mass is 9.82. The Balaban J connectivity index is 1.76. The summed E-state index contributed by atoms with van der Waals surface area (Å²) in [6.45, 7) is 6.05. The van der Waals surface area contributed by atoms with Crippen LogP contribution >= 0.6 is 34.8 Å². The molecule has 0 aliphatic rings. The standard InChI is InChI=1S/C26H26Cl3NO2/c1-17(18-9-11-20(27)12-10-18)24(19-7-5-4-6-8-19)16-30-25(31)26(2,3)32-23-14-21(28)13-22(29)15-23/h4-15,17,24H,16H2,1-3H3,(H,30,31). The van der Waals surface area contributed by atoms with Gasteiger partial charge in [-0.25, -0.2) is 0 Å². The number of halogens is 3. The number of rotatable bonds is 8. The summed E-state index contributed by atoms with van der Waals surface area (Å²) >= 11 is 18.2. The van der Waals surface area contributed by atoms with E-state index in [4.69, 9.17) is 39.5 Å². The highest BCUT2D eigenvalue weighted by molar-refractivity contribution is 6.34. The summed E-state index contributed by atoms with van der Waals surface area (Å²) in [5.41, 5.74) is 1.19. The summed E-state index contributed by atoms with van der Waals surface area (Å²) in [4.78, 5) is 13.1. The number of carbonyl (C=O) groups excluding carboxylic acids is 1. The largest absolute Gasteiger partial charge is 0.478 e. The van der Waals surface area contributed by atoms with Crippen LogP contribution in [-0.2, 0) is 4.79 Å². The molecular weight excluding hydrogens is 465 g/mol. The average molecular weight is 491 g/mol. The highest BCUT2D eigenvalue weighted by Crippen LogP contribution is 2.33. The topological polar surface area (TPSA) is 38.3 Å². The number of hydrogen-bond acceptors (Lipinski definition) is 2. The first-order valence-corrected chi connectivity index (χ1v) is 11.5. The van der Waals surface area contributed by atoms with Gasteiger partial charge in [-0.2, -0.15) is 0 Å². The summed E-state index contributed by atoms with van der Waals surface area (Å²) in [5, 5.41) is 4.67. The molecule has 0 heterocycles. The summed E-state index contributed by atoms with van der Waals surface area (Å²) in [6.07, 6.45) is 0. The fourth-order valence-corrected chi connectivity index (χ4v) is 4.26. The molecule has 0 aromatic heterocycles. The quantitative estimate of drug-likeness (QED) is 0.355. The molecule has 32 heavy (non-hydrogen) atoms. The van der Waals surface area contributed by atoms with Crippen LogP contribution in [0, 0.1) is 0 Å². The normalized spacial score (nSPS) is 13.3. The minimum absolute atomic E-state index is 0.0674. The van der Waals surface area contributed by atoms with Crippen molar-refractivity contribution in [2.45, 2.75) is 38.2 Å². The Labute approximate surface area is 204 Å². The average Bonchev–Trinajstić information content (AvgIpc) is 2.73. The molecule has 2 atom stereocenters. The Kier molecular flexibility index (Phi) is 8.10. The molecule has 0 bridgehead atoms. The van der Waals surface area contributed by atoms with Crippen molar-refractivity contribution in [3.8, 4) is 5.75 Å². The van der Waals surface area contributed by atoms with Crippen LogP contribution in [0.1, 0.15) is 43.7 Å². The molecule has 0 fully saturated rings. The predicted molar refractivity (Wildman–Crippen MR) is 133 cm³/mol. The summed E-state index contributed by atoms with van der Waals surface area (Å²) < 4.78 is 5.93. The Morgan fingerprint density at radius 1 is 0.875 bits per heavy atom. The van der Waals surface area contributed by atoms with Crippen molar-refractivity contribution in [1.29, 1.82) is 0 Å². The van der Waals surface area contributed by atoms with E-state index in [-0.39, 0.29) is 17.7 Å². The van der Waals surface area contributed by atoms with E-state index in [9.17, 15) is 4.79 Å². The van der Waals surface area contributed by atoms with Crippen LogP contribution in [-0.4, -0.2) is 18.1 Å². The van der Waals surface area contributed by atoms with Gasteiger partial charge in [0.15, 0.2) is 5.60 Å². The van der Waals surface area contributed by atoms with Crippen LogP contribution < -0.4 is 10.1 Å². The van der Waals surface area contributed by atoms with Gasteiger partial charge in [-0.1, -0.05) is 84.2 Å². The molecule has 3 aromatic carbocycles. The van der Waals surface area contributed by atoms with Gasteiger partial charge in [0.05, 0.1) is 0 Å². The van der Waals surface area contributed by atoms with E-state index in [1.54, 1.807) is 32.0 Å². The van der Waals surface area contributed by atoms with E-state index >= 15 is 0 Å². The van der Waals surface area contributed by atoms with Crippen LogP contribution in [0.3, 0.4) is 0 Å². The Morgan fingerprint density at radius 3 is 2.06 bits per heavy atom. The molecule has 6 heteroatoms. The lowest BCUT2D eigenvalue weighted by Crippen LogP contribution is -2.47. The molecule has 2 unspecified atom stereocenters. The van der Waals surface area contributed by atoms with Gasteiger partial charge in [0.25, 0.3) is 5.91 Å². The fraction of sp³-hybridized carbons (Fsp3) is 0.269. The van der Waals surface area contributed by atoms with E-state index in [1.807, 2.05) is 42.5 Å². The number of amides is 1. The third-order valence-corrected chi connectivity index (χ3v) is 6.15. The summed E-state index contributed by atoms with van der Waals surface area (Å²) in [7, 11) is 0. The second-order valence-electron chi connectivity index (χ2n) is 8.28. The van der Waals surface area contributed by atoms with Crippen LogP contribution in [0.25, 0.3) is 0 Å². The highest BCUT2D eigenvalue weighted by Gasteiger charge is 2.31. The number of ether oxygens (including phenoxy) is 1. The summed E-state index contributed by atoms with van der Waals surface area (Å²) in [6, 6.07) is 22.9. The SMILES string of the molecule is CC(c1ccc(Cl)cc1)C(CNC(=O)C(C)(C)Oc1cc(Cl)cc(Cl)c1)c1ccccc1. The van der Waals surface area contributed by atoms with Crippen LogP contribution in [0.2, 0.25) is 15.1 Å². The minimum Gasteiger partial charge on any atom is -0.478 e. The molecule has 1 amide bonds. The van der Waals surface area contributed by atoms with Gasteiger partial charge in [-0.3, -0.25) is 4.79 Å². The van der Waals surface area contributed by atoms with Crippen molar-refractivity contribution in [2.75, 3.05) is 6.54 Å². The van der Waals surface area contributed by atoms with E-state index in [2.05, 4.69) is 24.4 Å². The zero-order valence-corrected chi connectivity index (χ0v) is 20.5. The van der Waals surface area contributed by atoms with E-state index < -0.39 is 5.60 Å². The monoisotopic (exact) mass is 489 g/mol. The number of nitrogens with one attached hydrogen (secondary N) is 1. The molecule has 1 N–H and O–H groups in total. The first-order valence-electron chi connectivity index (χ1n) is 10.4. The van der Waals surface area contributed by atoms with Gasteiger partial charge in [0, 0.05) is 27.5 Å². The second kappa shape index (κ2) is 10.6. The van der Waals surface area contributed by atoms with Gasteiger partial charge in [0.2, 0.25) is 0 Å². The Morgan fingerprint density at radius 2 is 1.47 bits per heavy atom. The molecular formula is C26H26Cl3NO2. The van der Waals surface area contributed by atoms with Crippen LogP contribution in [0.15, 0.2) is 72.8 Å². The highest BCUT2D eigenvalue weighted by atomic mass is 35.5. The molecule has 0 saturated carbocycles. The van der Waals surface area contributed by atoms with Crippen molar-refractivity contribution < 1.29 is 9.53 Å². The molecule has 0 spiro atoms. The maximum atomic E-state index is 13.1. The van der Waals surface area contributed by atoms with Crippen molar-refractivity contribution in [2.24, 2.45) is 0 Å². The number of carbonyl (C=O) groups is 1. The Bertz CT molecular complexity index is 1030. The van der Waals surface area contributed by atoms with Crippen LogP contribution in [0.4, 0.5) is 0 Å². The third kappa shape index (κ3) is 6.41. The summed E-state index contributed by atoms with van der Waals surface area (Å²) in [5.74, 6) is 0.443. The lowest BCUT2D eigenvalue weighted by Gasteiger charge is -2.29. The lowest BCUT2D eigenvalue weighted by molar-refractivity contribution is -0.134. The minimum atomic E-state index is -1.11. The van der Waals surface area contributed by atoms with Crippen molar-refractivity contribution >= 4 is 40.7 Å². The maximum absolute atomic E-state index is 13.1. The van der Waals surface area contributed by atoms with E-state index in [0.29, 0.717) is 27.4 Å². The van der Waals surface area contributed by atoms with Crippen LogP contribution in [0.5, 0.6) is 5.75 Å². The molecule has 0 saturated heterocycles. The molecule has 0 radical (unpaired) electrons. The molecule has 0 aliphatic heterocycles. The smallest absolute Gasteiger partial charge is 0.263 e. The third-order valence-electron chi connectivity index (χ3n) is 5.47. The molecule has 3 nitrogen and oxygen atoms in total. The molecule has 3 aromatic rings. The van der Waals surface area contributed by atoms with Gasteiger partial charge >= 0.3 is 0 Å². The van der Waals surface area contributed by atoms with Crippen molar-refractivity contribution in [1.82, 2.24) is 5.32 Å². The van der Waals surface area contributed by atoms with Gasteiger partial charge < -0.3 is 10.1 Å². The Hall–Kier alpha value is -2.20. The number of benzene rings is 3.